The van der Waals surface area contributed by atoms with Gasteiger partial charge in [0.05, 0.1) is 0 Å². The third-order valence-electron chi connectivity index (χ3n) is 4.71. The summed E-state index contributed by atoms with van der Waals surface area (Å²) < 4.78 is 5.90. The largest absolute Gasteiger partial charge is 0.483 e. The van der Waals surface area contributed by atoms with Crippen molar-refractivity contribution in [1.82, 2.24) is 4.90 Å². The quantitative estimate of drug-likeness (QED) is 0.447. The van der Waals surface area contributed by atoms with E-state index in [0.717, 1.165) is 31.7 Å². The van der Waals surface area contributed by atoms with Gasteiger partial charge in [-0.2, -0.15) is 0 Å². The molecule has 0 unspecified atom stereocenters. The first-order valence-corrected chi connectivity index (χ1v) is 10.2. The van der Waals surface area contributed by atoms with Crippen molar-refractivity contribution in [2.45, 2.75) is 79.1 Å². The van der Waals surface area contributed by atoms with Crippen LogP contribution in [-0.4, -0.2) is 30.5 Å². The summed E-state index contributed by atoms with van der Waals surface area (Å²) >= 11 is 0. The fraction of sp³-hybridized carbons (Fsp3) is 0.682. The Morgan fingerprint density at radius 3 is 2.16 bits per heavy atom. The molecule has 0 saturated carbocycles. The van der Waals surface area contributed by atoms with Gasteiger partial charge < -0.3 is 9.64 Å². The summed E-state index contributed by atoms with van der Waals surface area (Å²) in [5.41, 5.74) is 2.65. The van der Waals surface area contributed by atoms with E-state index in [0.29, 0.717) is 0 Å². The molecule has 1 rings (SSSR count). The van der Waals surface area contributed by atoms with Gasteiger partial charge in [0.1, 0.15) is 5.75 Å². The number of benzene rings is 1. The van der Waals surface area contributed by atoms with Gasteiger partial charge in [-0.15, -0.1) is 0 Å². The lowest BCUT2D eigenvalue weighted by molar-refractivity contribution is -0.132. The van der Waals surface area contributed by atoms with Gasteiger partial charge in [0.15, 0.2) is 6.61 Å². The van der Waals surface area contributed by atoms with Crippen LogP contribution in [0, 0.1) is 0 Å². The maximum Gasteiger partial charge on any atom is 0.260 e. The van der Waals surface area contributed by atoms with Crippen molar-refractivity contribution in [2.24, 2.45) is 0 Å². The fourth-order valence-corrected chi connectivity index (χ4v) is 3.08. The first kappa shape index (κ1) is 21.5. The van der Waals surface area contributed by atoms with Crippen molar-refractivity contribution < 1.29 is 9.53 Å². The second kappa shape index (κ2) is 12.8. The van der Waals surface area contributed by atoms with Gasteiger partial charge in [0.25, 0.3) is 5.91 Å². The van der Waals surface area contributed by atoms with Crippen LogP contribution in [0.25, 0.3) is 0 Å². The second-order valence-corrected chi connectivity index (χ2v) is 6.71. The second-order valence-electron chi connectivity index (χ2n) is 6.71. The number of carbonyl (C=O) groups excluding carboxylic acids is 1. The van der Waals surface area contributed by atoms with Crippen LogP contribution in [0.3, 0.4) is 0 Å². The molecule has 1 amide bonds. The molecule has 0 aliphatic rings. The smallest absolute Gasteiger partial charge is 0.260 e. The van der Waals surface area contributed by atoms with Crippen molar-refractivity contribution in [1.29, 1.82) is 0 Å². The predicted molar refractivity (Wildman–Crippen MR) is 106 cm³/mol. The first-order valence-electron chi connectivity index (χ1n) is 10.2. The maximum atomic E-state index is 12.2. The number of hydrogen-bond acceptors (Lipinski definition) is 2. The number of nitrogens with zero attached hydrogens (tertiary/aromatic N) is 1. The van der Waals surface area contributed by atoms with Crippen molar-refractivity contribution in [3.05, 3.63) is 29.3 Å². The lowest BCUT2D eigenvalue weighted by Gasteiger charge is -2.19. The number of unbranched alkanes of at least 4 members (excludes halogenated alkanes) is 4. The Labute approximate surface area is 154 Å². The Morgan fingerprint density at radius 1 is 0.920 bits per heavy atom. The van der Waals surface area contributed by atoms with Crippen LogP contribution in [-0.2, 0) is 17.6 Å². The SMILES string of the molecule is CCCCCc1ccc(OCC(=O)N(CC)CC)c(CCCCC)c1. The molecule has 0 aromatic heterocycles. The summed E-state index contributed by atoms with van der Waals surface area (Å²) in [5.74, 6) is 0.951. The summed E-state index contributed by atoms with van der Waals surface area (Å²) in [6, 6.07) is 6.52. The molecule has 0 aliphatic carbocycles. The highest BCUT2D eigenvalue weighted by Crippen LogP contribution is 2.24. The monoisotopic (exact) mass is 347 g/mol. The van der Waals surface area contributed by atoms with Crippen LogP contribution in [0.4, 0.5) is 0 Å². The van der Waals surface area contributed by atoms with E-state index in [9.17, 15) is 4.79 Å². The summed E-state index contributed by atoms with van der Waals surface area (Å²) in [7, 11) is 0. The molecule has 0 atom stereocenters. The molecule has 0 heterocycles. The normalized spacial score (nSPS) is 10.7. The van der Waals surface area contributed by atoms with Gasteiger partial charge in [-0.1, -0.05) is 51.7 Å². The molecule has 25 heavy (non-hydrogen) atoms. The molecule has 0 bridgehead atoms. The van der Waals surface area contributed by atoms with Gasteiger partial charge in [-0.05, 0) is 56.7 Å². The number of aryl methyl sites for hydroxylation is 2. The Bertz CT molecular complexity index is 495. The average Bonchev–Trinajstić information content (AvgIpc) is 2.62. The van der Waals surface area contributed by atoms with E-state index < -0.39 is 0 Å². The molecule has 0 spiro atoms. The number of likely N-dealkylation sites (N-methyl/N-ethyl adjacent to an activating group) is 1. The van der Waals surface area contributed by atoms with Crippen molar-refractivity contribution in [3.63, 3.8) is 0 Å². The molecule has 3 heteroatoms. The number of rotatable bonds is 13. The van der Waals surface area contributed by atoms with Gasteiger partial charge in [0, 0.05) is 13.1 Å². The highest BCUT2D eigenvalue weighted by atomic mass is 16.5. The Balaban J connectivity index is 2.75. The lowest BCUT2D eigenvalue weighted by Crippen LogP contribution is -2.34. The first-order chi connectivity index (χ1) is 12.2. The van der Waals surface area contributed by atoms with Crippen molar-refractivity contribution in [2.75, 3.05) is 19.7 Å². The summed E-state index contributed by atoms with van der Waals surface area (Å²) in [6.07, 6.45) is 9.56. The molecule has 0 aliphatic heterocycles. The maximum absolute atomic E-state index is 12.2. The van der Waals surface area contributed by atoms with E-state index in [1.807, 2.05) is 18.7 Å². The van der Waals surface area contributed by atoms with E-state index in [1.54, 1.807) is 0 Å². The van der Waals surface area contributed by atoms with Crippen LogP contribution in [0.15, 0.2) is 18.2 Å². The topological polar surface area (TPSA) is 29.5 Å². The van der Waals surface area contributed by atoms with E-state index >= 15 is 0 Å². The van der Waals surface area contributed by atoms with Crippen LogP contribution >= 0.6 is 0 Å². The van der Waals surface area contributed by atoms with Crippen LogP contribution < -0.4 is 4.74 Å². The van der Waals surface area contributed by atoms with Gasteiger partial charge >= 0.3 is 0 Å². The zero-order valence-electron chi connectivity index (χ0n) is 16.8. The Hall–Kier alpha value is -1.51. The highest BCUT2D eigenvalue weighted by Gasteiger charge is 2.12. The zero-order chi connectivity index (χ0) is 18.5. The third kappa shape index (κ3) is 7.94. The molecule has 1 aromatic rings. The van der Waals surface area contributed by atoms with Crippen molar-refractivity contribution >= 4 is 5.91 Å². The van der Waals surface area contributed by atoms with E-state index in [1.165, 1.54) is 49.7 Å². The molecule has 142 valence electrons. The molecule has 0 fully saturated rings. The minimum Gasteiger partial charge on any atom is -0.483 e. The van der Waals surface area contributed by atoms with Crippen LogP contribution in [0.5, 0.6) is 5.75 Å². The fourth-order valence-electron chi connectivity index (χ4n) is 3.08. The zero-order valence-corrected chi connectivity index (χ0v) is 16.8. The van der Waals surface area contributed by atoms with Gasteiger partial charge in [-0.25, -0.2) is 0 Å². The summed E-state index contributed by atoms with van der Waals surface area (Å²) in [4.78, 5) is 14.0. The van der Waals surface area contributed by atoms with Crippen LogP contribution in [0.1, 0.15) is 77.3 Å². The van der Waals surface area contributed by atoms with Crippen LogP contribution in [0.2, 0.25) is 0 Å². The minimum absolute atomic E-state index is 0.0662. The van der Waals surface area contributed by atoms with Gasteiger partial charge in [-0.3, -0.25) is 4.79 Å². The number of ether oxygens (including phenoxy) is 1. The van der Waals surface area contributed by atoms with E-state index in [2.05, 4.69) is 32.0 Å². The Kier molecular flexibility index (Phi) is 11.0. The van der Waals surface area contributed by atoms with Crippen molar-refractivity contribution in [3.8, 4) is 5.75 Å². The minimum atomic E-state index is 0.0662. The molecular formula is C22H37NO2. The summed E-state index contributed by atoms with van der Waals surface area (Å²) in [5, 5.41) is 0. The third-order valence-corrected chi connectivity index (χ3v) is 4.71. The average molecular weight is 348 g/mol. The molecule has 1 aromatic carbocycles. The number of amides is 1. The lowest BCUT2D eigenvalue weighted by atomic mass is 10.0. The molecule has 0 radical (unpaired) electrons. The molecular weight excluding hydrogens is 310 g/mol. The Morgan fingerprint density at radius 2 is 1.56 bits per heavy atom. The number of carbonyl (C=O) groups is 1. The molecule has 0 saturated heterocycles. The van der Waals surface area contributed by atoms with E-state index in [-0.39, 0.29) is 12.5 Å². The van der Waals surface area contributed by atoms with Gasteiger partial charge in [0.2, 0.25) is 0 Å². The molecule has 3 nitrogen and oxygen atoms in total. The standard InChI is InChI=1S/C22H37NO2/c1-5-9-11-13-19-15-16-21(20(17-19)14-12-10-6-2)25-18-22(24)23(7-3)8-4/h15-17H,5-14,18H2,1-4H3. The summed E-state index contributed by atoms with van der Waals surface area (Å²) in [6.45, 7) is 10.1. The highest BCUT2D eigenvalue weighted by molar-refractivity contribution is 5.77. The number of hydrogen-bond donors (Lipinski definition) is 0. The van der Waals surface area contributed by atoms with E-state index in [4.69, 9.17) is 4.74 Å². The molecule has 0 N–H and O–H groups in total. The predicted octanol–water partition coefficient (Wildman–Crippen LogP) is 5.40.